The van der Waals surface area contributed by atoms with E-state index in [1.54, 1.807) is 7.11 Å². The summed E-state index contributed by atoms with van der Waals surface area (Å²) in [6.07, 6.45) is 6.42. The topological polar surface area (TPSA) is 64.3 Å². The zero-order chi connectivity index (χ0) is 15.6. The number of nitrogens with two attached hydrogens (primary N) is 1. The van der Waals surface area contributed by atoms with Crippen LogP contribution in [-0.4, -0.2) is 25.6 Å². The van der Waals surface area contributed by atoms with Crippen molar-refractivity contribution < 1.29 is 9.53 Å². The van der Waals surface area contributed by atoms with Gasteiger partial charge in [0.1, 0.15) is 5.75 Å². The number of methoxy groups -OCH3 is 1. The molecule has 1 aromatic rings. The molecule has 0 aromatic heterocycles. The highest BCUT2D eigenvalue weighted by molar-refractivity contribution is 5.88. The van der Waals surface area contributed by atoms with Crippen molar-refractivity contribution in [1.82, 2.24) is 5.32 Å². The fourth-order valence-corrected chi connectivity index (χ4v) is 3.62. The van der Waals surface area contributed by atoms with E-state index in [1.165, 1.54) is 12.8 Å². The fourth-order valence-electron chi connectivity index (χ4n) is 3.62. The van der Waals surface area contributed by atoms with Gasteiger partial charge >= 0.3 is 0 Å². The van der Waals surface area contributed by atoms with Crippen molar-refractivity contribution in [2.75, 3.05) is 13.7 Å². The fraction of sp³-hybridized carbons (Fsp3) is 0.611. The summed E-state index contributed by atoms with van der Waals surface area (Å²) in [5, 5.41) is 3.12. The van der Waals surface area contributed by atoms with Gasteiger partial charge in [-0.1, -0.05) is 25.0 Å². The second-order valence-electron chi connectivity index (χ2n) is 6.73. The summed E-state index contributed by atoms with van der Waals surface area (Å²) >= 11 is 0. The summed E-state index contributed by atoms with van der Waals surface area (Å²) < 4.78 is 5.33. The molecule has 1 atom stereocenters. The van der Waals surface area contributed by atoms with Crippen LogP contribution in [0.5, 0.6) is 5.75 Å². The third-order valence-corrected chi connectivity index (χ3v) is 5.24. The van der Waals surface area contributed by atoms with E-state index in [4.69, 9.17) is 10.5 Å². The molecule has 0 aliphatic heterocycles. The second kappa shape index (κ2) is 7.54. The molecule has 0 radical (unpaired) electrons. The van der Waals surface area contributed by atoms with Crippen molar-refractivity contribution in [2.24, 2.45) is 11.7 Å². The molecular formula is C18H27ClN2O2. The predicted molar refractivity (Wildman–Crippen MR) is 94.1 cm³/mol. The lowest BCUT2D eigenvalue weighted by molar-refractivity contribution is -0.126. The van der Waals surface area contributed by atoms with Crippen LogP contribution in [0.25, 0.3) is 0 Å². The minimum Gasteiger partial charge on any atom is -0.497 e. The van der Waals surface area contributed by atoms with Gasteiger partial charge in [0, 0.05) is 12.6 Å². The molecule has 2 aliphatic rings. The SMILES string of the molecule is COc1cccc(C2(C(=O)NCC(N)C3CC3)CCCC2)c1.Cl. The Morgan fingerprint density at radius 1 is 1.39 bits per heavy atom. The Kier molecular flexibility index (Phi) is 5.93. The molecule has 0 spiro atoms. The molecule has 1 unspecified atom stereocenters. The number of nitrogens with one attached hydrogen (secondary N) is 1. The van der Waals surface area contributed by atoms with Gasteiger partial charge < -0.3 is 15.8 Å². The Morgan fingerprint density at radius 2 is 2.09 bits per heavy atom. The van der Waals surface area contributed by atoms with Crippen molar-refractivity contribution in [2.45, 2.75) is 50.0 Å². The van der Waals surface area contributed by atoms with Gasteiger partial charge in [0.05, 0.1) is 12.5 Å². The molecule has 128 valence electrons. The molecule has 1 amide bonds. The quantitative estimate of drug-likeness (QED) is 0.838. The number of ether oxygens (including phenoxy) is 1. The first kappa shape index (κ1) is 18.1. The zero-order valence-electron chi connectivity index (χ0n) is 13.7. The highest BCUT2D eigenvalue weighted by atomic mass is 35.5. The summed E-state index contributed by atoms with van der Waals surface area (Å²) in [4.78, 5) is 12.9. The summed E-state index contributed by atoms with van der Waals surface area (Å²) in [6.45, 7) is 0.592. The number of hydrogen-bond donors (Lipinski definition) is 2. The van der Waals surface area contributed by atoms with E-state index in [0.29, 0.717) is 12.5 Å². The third-order valence-electron chi connectivity index (χ3n) is 5.24. The summed E-state index contributed by atoms with van der Waals surface area (Å²) in [5.41, 5.74) is 6.78. The Balaban J connectivity index is 0.00000192. The maximum Gasteiger partial charge on any atom is 0.230 e. The second-order valence-corrected chi connectivity index (χ2v) is 6.73. The first-order valence-corrected chi connectivity index (χ1v) is 8.34. The third kappa shape index (κ3) is 3.81. The molecule has 0 saturated heterocycles. The Hall–Kier alpha value is -1.26. The minimum absolute atomic E-state index is 0. The predicted octanol–water partition coefficient (Wildman–Crippen LogP) is 2.78. The van der Waals surface area contributed by atoms with Crippen LogP contribution < -0.4 is 15.8 Å². The zero-order valence-corrected chi connectivity index (χ0v) is 14.5. The highest BCUT2D eigenvalue weighted by Crippen LogP contribution is 2.42. The first-order valence-electron chi connectivity index (χ1n) is 8.34. The van der Waals surface area contributed by atoms with Crippen molar-refractivity contribution in [3.8, 4) is 5.75 Å². The normalized spacial score (nSPS) is 20.4. The average Bonchev–Trinajstić information content (AvgIpc) is 3.29. The molecule has 2 aliphatic carbocycles. The van der Waals surface area contributed by atoms with Crippen LogP contribution in [0.4, 0.5) is 0 Å². The summed E-state index contributed by atoms with van der Waals surface area (Å²) in [6, 6.07) is 8.05. The summed E-state index contributed by atoms with van der Waals surface area (Å²) in [5.74, 6) is 1.55. The van der Waals surface area contributed by atoms with Crippen LogP contribution >= 0.6 is 12.4 Å². The Labute approximate surface area is 144 Å². The van der Waals surface area contributed by atoms with Crippen molar-refractivity contribution in [3.63, 3.8) is 0 Å². The first-order chi connectivity index (χ1) is 10.7. The van der Waals surface area contributed by atoms with E-state index in [9.17, 15) is 4.79 Å². The molecule has 5 heteroatoms. The number of benzene rings is 1. The smallest absolute Gasteiger partial charge is 0.230 e. The maximum absolute atomic E-state index is 12.9. The minimum atomic E-state index is -0.405. The van der Waals surface area contributed by atoms with E-state index >= 15 is 0 Å². The summed E-state index contributed by atoms with van der Waals surface area (Å²) in [7, 11) is 1.66. The molecule has 1 aromatic carbocycles. The lowest BCUT2D eigenvalue weighted by atomic mass is 9.78. The van der Waals surface area contributed by atoms with Gasteiger partial charge in [-0.05, 0) is 49.3 Å². The van der Waals surface area contributed by atoms with Crippen LogP contribution in [0.2, 0.25) is 0 Å². The lowest BCUT2D eigenvalue weighted by Gasteiger charge is -2.29. The molecule has 2 saturated carbocycles. The molecule has 3 rings (SSSR count). The highest BCUT2D eigenvalue weighted by Gasteiger charge is 2.43. The number of carbonyl (C=O) groups excluding carboxylic acids is 1. The number of halogens is 1. The average molecular weight is 339 g/mol. The largest absolute Gasteiger partial charge is 0.497 e. The van der Waals surface area contributed by atoms with Crippen molar-refractivity contribution in [1.29, 1.82) is 0 Å². The van der Waals surface area contributed by atoms with Crippen molar-refractivity contribution >= 4 is 18.3 Å². The molecule has 2 fully saturated rings. The van der Waals surface area contributed by atoms with Crippen LogP contribution in [0.3, 0.4) is 0 Å². The lowest BCUT2D eigenvalue weighted by Crippen LogP contribution is -2.47. The van der Waals surface area contributed by atoms with Crippen LogP contribution in [-0.2, 0) is 10.2 Å². The molecular weight excluding hydrogens is 312 g/mol. The standard InChI is InChI=1S/C18H26N2O2.ClH/c1-22-15-6-4-5-14(11-15)18(9-2-3-10-18)17(21)20-12-16(19)13-7-8-13;/h4-6,11,13,16H,2-3,7-10,12,19H2,1H3,(H,20,21);1H. The van der Waals surface area contributed by atoms with E-state index in [-0.39, 0.29) is 24.4 Å². The molecule has 0 bridgehead atoms. The number of hydrogen-bond acceptors (Lipinski definition) is 3. The van der Waals surface area contributed by atoms with Crippen LogP contribution in [0, 0.1) is 5.92 Å². The van der Waals surface area contributed by atoms with E-state index < -0.39 is 5.41 Å². The maximum atomic E-state index is 12.9. The number of amides is 1. The van der Waals surface area contributed by atoms with Gasteiger partial charge in [-0.3, -0.25) is 4.79 Å². The Morgan fingerprint density at radius 3 is 2.70 bits per heavy atom. The molecule has 23 heavy (non-hydrogen) atoms. The van der Waals surface area contributed by atoms with E-state index in [2.05, 4.69) is 5.32 Å². The molecule has 3 N–H and O–H groups in total. The molecule has 0 heterocycles. The van der Waals surface area contributed by atoms with Crippen molar-refractivity contribution in [3.05, 3.63) is 29.8 Å². The van der Waals surface area contributed by atoms with Gasteiger partial charge in [0.2, 0.25) is 5.91 Å². The van der Waals surface area contributed by atoms with Gasteiger partial charge in [0.15, 0.2) is 0 Å². The Bertz CT molecular complexity index is 540. The monoisotopic (exact) mass is 338 g/mol. The van der Waals surface area contributed by atoms with Gasteiger partial charge in [-0.15, -0.1) is 12.4 Å². The van der Waals surface area contributed by atoms with Crippen LogP contribution in [0.1, 0.15) is 44.1 Å². The number of carbonyl (C=O) groups is 1. The van der Waals surface area contributed by atoms with E-state index in [1.807, 2.05) is 24.3 Å². The molecule has 4 nitrogen and oxygen atoms in total. The van der Waals surface area contributed by atoms with Gasteiger partial charge in [0.25, 0.3) is 0 Å². The number of rotatable bonds is 6. The van der Waals surface area contributed by atoms with Gasteiger partial charge in [-0.25, -0.2) is 0 Å². The van der Waals surface area contributed by atoms with Crippen LogP contribution in [0.15, 0.2) is 24.3 Å². The van der Waals surface area contributed by atoms with E-state index in [0.717, 1.165) is 37.0 Å². The van der Waals surface area contributed by atoms with Gasteiger partial charge in [-0.2, -0.15) is 0 Å².